The van der Waals surface area contributed by atoms with Gasteiger partial charge in [0, 0.05) is 11.6 Å². The summed E-state index contributed by atoms with van der Waals surface area (Å²) in [4.78, 5) is 11.0. The van der Waals surface area contributed by atoms with Gasteiger partial charge in [0.2, 0.25) is 0 Å². The first-order valence-electron chi connectivity index (χ1n) is 4.71. The predicted octanol–water partition coefficient (Wildman–Crippen LogP) is 2.48. The molecule has 0 saturated heterocycles. The highest BCUT2D eigenvalue weighted by Gasteiger charge is 2.14. The molecular formula is C11H13BrO4. The quantitative estimate of drug-likeness (QED) is 0.846. The van der Waals surface area contributed by atoms with Crippen molar-refractivity contribution in [2.45, 2.75) is 6.92 Å². The van der Waals surface area contributed by atoms with E-state index in [9.17, 15) is 4.79 Å². The second kappa shape index (κ2) is 5.86. The summed E-state index contributed by atoms with van der Waals surface area (Å²) in [6.45, 7) is 2.56. The molecule has 88 valence electrons. The Morgan fingerprint density at radius 1 is 1.44 bits per heavy atom. The molecule has 1 N–H and O–H groups in total. The fourth-order valence-electron chi connectivity index (χ4n) is 1.31. The van der Waals surface area contributed by atoms with Crippen molar-refractivity contribution in [3.8, 4) is 5.75 Å². The third-order valence-corrected chi connectivity index (χ3v) is 2.46. The molecule has 0 unspecified atom stereocenters. The Balaban J connectivity index is 2.99. The summed E-state index contributed by atoms with van der Waals surface area (Å²) in [5, 5.41) is 9.04. The second-order valence-electron chi connectivity index (χ2n) is 3.25. The van der Waals surface area contributed by atoms with Gasteiger partial charge in [-0.3, -0.25) is 0 Å². The molecule has 1 aromatic carbocycles. The number of hydrogen-bond donors (Lipinski definition) is 1. The molecule has 16 heavy (non-hydrogen) atoms. The predicted molar refractivity (Wildman–Crippen MR) is 63.2 cm³/mol. The number of aromatic carboxylic acids is 1. The van der Waals surface area contributed by atoms with E-state index in [0.717, 1.165) is 10.0 Å². The van der Waals surface area contributed by atoms with Crippen molar-refractivity contribution in [2.75, 3.05) is 20.3 Å². The Kier molecular flexibility index (Phi) is 4.76. The molecule has 0 amide bonds. The number of rotatable bonds is 5. The minimum absolute atomic E-state index is 0.156. The summed E-state index contributed by atoms with van der Waals surface area (Å²) >= 11 is 3.25. The zero-order chi connectivity index (χ0) is 12.1. The minimum Gasteiger partial charge on any atom is -0.490 e. The molecule has 1 rings (SSSR count). The van der Waals surface area contributed by atoms with Gasteiger partial charge in [0.25, 0.3) is 0 Å². The summed E-state index contributed by atoms with van der Waals surface area (Å²) in [6, 6.07) is 3.34. The molecule has 0 radical (unpaired) electrons. The summed E-state index contributed by atoms with van der Waals surface area (Å²) in [5.74, 6) is -0.607. The van der Waals surface area contributed by atoms with E-state index in [-0.39, 0.29) is 5.56 Å². The number of hydrogen-bond acceptors (Lipinski definition) is 3. The van der Waals surface area contributed by atoms with Gasteiger partial charge in [0.15, 0.2) is 0 Å². The maximum atomic E-state index is 11.0. The summed E-state index contributed by atoms with van der Waals surface area (Å²) < 4.78 is 11.0. The lowest BCUT2D eigenvalue weighted by atomic mass is 10.1. The third kappa shape index (κ3) is 3.21. The van der Waals surface area contributed by atoms with Crippen molar-refractivity contribution in [3.63, 3.8) is 0 Å². The van der Waals surface area contributed by atoms with E-state index in [1.807, 2.05) is 6.07 Å². The van der Waals surface area contributed by atoms with Gasteiger partial charge in [-0.25, -0.2) is 4.79 Å². The fraction of sp³-hybridized carbons (Fsp3) is 0.364. The third-order valence-electron chi connectivity index (χ3n) is 2.00. The van der Waals surface area contributed by atoms with Gasteiger partial charge < -0.3 is 14.6 Å². The van der Waals surface area contributed by atoms with Crippen LogP contribution in [0, 0.1) is 6.92 Å². The lowest BCUT2D eigenvalue weighted by Crippen LogP contribution is -2.09. The Bertz CT molecular complexity index is 390. The molecule has 0 spiro atoms. The van der Waals surface area contributed by atoms with Crippen molar-refractivity contribution >= 4 is 21.9 Å². The van der Waals surface area contributed by atoms with Crippen molar-refractivity contribution < 1.29 is 19.4 Å². The van der Waals surface area contributed by atoms with Gasteiger partial charge in [0.05, 0.1) is 6.61 Å². The monoisotopic (exact) mass is 288 g/mol. The Hall–Kier alpha value is -1.07. The van der Waals surface area contributed by atoms with E-state index in [1.54, 1.807) is 14.0 Å². The van der Waals surface area contributed by atoms with E-state index in [4.69, 9.17) is 14.6 Å². The molecule has 0 bridgehead atoms. The average Bonchev–Trinajstić information content (AvgIpc) is 2.20. The van der Waals surface area contributed by atoms with Crippen LogP contribution in [-0.4, -0.2) is 31.4 Å². The van der Waals surface area contributed by atoms with Crippen LogP contribution in [-0.2, 0) is 4.74 Å². The molecule has 0 aliphatic carbocycles. The van der Waals surface area contributed by atoms with Crippen molar-refractivity contribution in [1.29, 1.82) is 0 Å². The van der Waals surface area contributed by atoms with E-state index < -0.39 is 5.97 Å². The van der Waals surface area contributed by atoms with Gasteiger partial charge in [-0.2, -0.15) is 0 Å². The van der Waals surface area contributed by atoms with E-state index in [0.29, 0.717) is 19.0 Å². The van der Waals surface area contributed by atoms with Crippen LogP contribution in [0.25, 0.3) is 0 Å². The van der Waals surface area contributed by atoms with Crippen LogP contribution in [0.1, 0.15) is 15.9 Å². The van der Waals surface area contributed by atoms with Gasteiger partial charge in [0.1, 0.15) is 17.9 Å². The number of carboxylic acid groups (broad SMARTS) is 1. The number of aryl methyl sites for hydroxylation is 1. The minimum atomic E-state index is -1.00. The van der Waals surface area contributed by atoms with Gasteiger partial charge in [-0.05, 0) is 24.6 Å². The molecule has 0 atom stereocenters. The molecule has 0 aliphatic heterocycles. The van der Waals surface area contributed by atoms with Crippen LogP contribution in [0.2, 0.25) is 0 Å². The SMILES string of the molecule is COCCOc1c(C)cc(Br)cc1C(=O)O. The highest BCUT2D eigenvalue weighted by Crippen LogP contribution is 2.28. The first-order chi connectivity index (χ1) is 7.56. The van der Waals surface area contributed by atoms with Crippen LogP contribution in [0.15, 0.2) is 16.6 Å². The molecule has 0 aliphatic rings. The van der Waals surface area contributed by atoms with Crippen molar-refractivity contribution in [3.05, 3.63) is 27.7 Å². The molecule has 0 fully saturated rings. The second-order valence-corrected chi connectivity index (χ2v) is 4.16. The zero-order valence-corrected chi connectivity index (χ0v) is 10.7. The highest BCUT2D eigenvalue weighted by molar-refractivity contribution is 9.10. The molecule has 1 aromatic rings. The molecule has 5 heteroatoms. The number of methoxy groups -OCH3 is 1. The number of ether oxygens (including phenoxy) is 2. The van der Waals surface area contributed by atoms with Gasteiger partial charge in [-0.1, -0.05) is 15.9 Å². The fourth-order valence-corrected chi connectivity index (χ4v) is 1.88. The van der Waals surface area contributed by atoms with Crippen LogP contribution >= 0.6 is 15.9 Å². The topological polar surface area (TPSA) is 55.8 Å². The van der Waals surface area contributed by atoms with Crippen LogP contribution in [0.5, 0.6) is 5.75 Å². The summed E-state index contributed by atoms with van der Waals surface area (Å²) in [6.07, 6.45) is 0. The lowest BCUT2D eigenvalue weighted by Gasteiger charge is -2.12. The molecule has 0 saturated carbocycles. The largest absolute Gasteiger partial charge is 0.490 e. The van der Waals surface area contributed by atoms with Crippen molar-refractivity contribution in [2.24, 2.45) is 0 Å². The maximum absolute atomic E-state index is 11.0. The van der Waals surface area contributed by atoms with Gasteiger partial charge >= 0.3 is 5.97 Å². The molecule has 0 aromatic heterocycles. The molecule has 0 heterocycles. The number of benzene rings is 1. The normalized spacial score (nSPS) is 10.2. The van der Waals surface area contributed by atoms with E-state index in [1.165, 1.54) is 6.07 Å². The average molecular weight is 289 g/mol. The number of carboxylic acids is 1. The standard InChI is InChI=1S/C11H13BrO4/c1-7-5-8(12)6-9(11(13)14)10(7)16-4-3-15-2/h5-6H,3-4H2,1-2H3,(H,13,14). The Labute approximate surface area is 102 Å². The Morgan fingerprint density at radius 3 is 2.69 bits per heavy atom. The van der Waals surface area contributed by atoms with E-state index >= 15 is 0 Å². The number of halogens is 1. The number of carbonyl (C=O) groups is 1. The smallest absolute Gasteiger partial charge is 0.339 e. The van der Waals surface area contributed by atoms with Gasteiger partial charge in [-0.15, -0.1) is 0 Å². The molecular weight excluding hydrogens is 276 g/mol. The van der Waals surface area contributed by atoms with E-state index in [2.05, 4.69) is 15.9 Å². The maximum Gasteiger partial charge on any atom is 0.339 e. The first kappa shape index (κ1) is 13.0. The highest BCUT2D eigenvalue weighted by atomic mass is 79.9. The molecule has 4 nitrogen and oxygen atoms in total. The Morgan fingerprint density at radius 2 is 2.12 bits per heavy atom. The summed E-state index contributed by atoms with van der Waals surface area (Å²) in [7, 11) is 1.57. The van der Waals surface area contributed by atoms with Crippen LogP contribution < -0.4 is 4.74 Å². The first-order valence-corrected chi connectivity index (χ1v) is 5.50. The van der Waals surface area contributed by atoms with Crippen LogP contribution in [0.3, 0.4) is 0 Å². The summed E-state index contributed by atoms with van der Waals surface area (Å²) in [5.41, 5.74) is 0.936. The lowest BCUT2D eigenvalue weighted by molar-refractivity contribution is 0.0689. The zero-order valence-electron chi connectivity index (χ0n) is 9.12. The van der Waals surface area contributed by atoms with Crippen LogP contribution in [0.4, 0.5) is 0 Å². The van der Waals surface area contributed by atoms with Crippen molar-refractivity contribution in [1.82, 2.24) is 0 Å².